The average molecular weight is 257 g/mol. The van der Waals surface area contributed by atoms with E-state index in [1.165, 1.54) is 0 Å². The number of aromatic nitrogens is 3. The predicted octanol–water partition coefficient (Wildman–Crippen LogP) is 1.33. The lowest BCUT2D eigenvalue weighted by Crippen LogP contribution is -2.39. The van der Waals surface area contributed by atoms with Gasteiger partial charge in [-0.3, -0.25) is 5.84 Å². The van der Waals surface area contributed by atoms with Crippen molar-refractivity contribution in [1.29, 1.82) is 0 Å². The molecule has 0 saturated carbocycles. The Labute approximate surface area is 100 Å². The van der Waals surface area contributed by atoms with Gasteiger partial charge < -0.3 is 0 Å². The van der Waals surface area contributed by atoms with E-state index >= 15 is 0 Å². The van der Waals surface area contributed by atoms with Crippen LogP contribution in [0.5, 0.6) is 0 Å². The van der Waals surface area contributed by atoms with Crippen molar-refractivity contribution in [3.8, 4) is 5.69 Å². The van der Waals surface area contributed by atoms with E-state index in [1.54, 1.807) is 35.8 Å². The van der Waals surface area contributed by atoms with Gasteiger partial charge in [0, 0.05) is 0 Å². The first-order chi connectivity index (χ1) is 8.54. The second-order valence-electron chi connectivity index (χ2n) is 3.55. The van der Waals surface area contributed by atoms with Crippen LogP contribution in [0.4, 0.5) is 13.2 Å². The van der Waals surface area contributed by atoms with Crippen molar-refractivity contribution in [3.63, 3.8) is 0 Å². The van der Waals surface area contributed by atoms with Crippen LogP contribution in [0, 0.1) is 0 Å². The Balaban J connectivity index is 2.45. The third-order valence-corrected chi connectivity index (χ3v) is 2.37. The van der Waals surface area contributed by atoms with Crippen LogP contribution in [-0.4, -0.2) is 21.2 Å². The number of nitrogens with one attached hydrogen (secondary N) is 1. The number of hydrazine groups is 1. The molecule has 0 spiro atoms. The predicted molar refractivity (Wildman–Crippen MR) is 57.5 cm³/mol. The molecule has 18 heavy (non-hydrogen) atoms. The number of hydrogen-bond acceptors (Lipinski definition) is 4. The molecular weight excluding hydrogens is 247 g/mol. The van der Waals surface area contributed by atoms with E-state index in [1.807, 2.05) is 0 Å². The van der Waals surface area contributed by atoms with Gasteiger partial charge >= 0.3 is 6.18 Å². The van der Waals surface area contributed by atoms with Crippen molar-refractivity contribution >= 4 is 0 Å². The smallest absolute Gasteiger partial charge is 0.271 e. The van der Waals surface area contributed by atoms with E-state index in [-0.39, 0.29) is 5.69 Å². The van der Waals surface area contributed by atoms with Crippen LogP contribution in [0.1, 0.15) is 11.7 Å². The van der Waals surface area contributed by atoms with Crippen LogP contribution in [0.25, 0.3) is 5.69 Å². The first-order valence-electron chi connectivity index (χ1n) is 5.03. The molecule has 5 nitrogen and oxygen atoms in total. The quantitative estimate of drug-likeness (QED) is 0.643. The van der Waals surface area contributed by atoms with Gasteiger partial charge in [0.1, 0.15) is 0 Å². The highest BCUT2D eigenvalue weighted by atomic mass is 19.4. The fourth-order valence-electron chi connectivity index (χ4n) is 1.56. The summed E-state index contributed by atoms with van der Waals surface area (Å²) >= 11 is 0. The third-order valence-electron chi connectivity index (χ3n) is 2.37. The number of nitrogens with two attached hydrogens (primary N) is 1. The molecule has 1 atom stereocenters. The van der Waals surface area contributed by atoms with Crippen LogP contribution in [-0.2, 0) is 0 Å². The van der Waals surface area contributed by atoms with E-state index in [2.05, 4.69) is 10.3 Å². The minimum atomic E-state index is -4.52. The summed E-state index contributed by atoms with van der Waals surface area (Å²) in [7, 11) is 0. The van der Waals surface area contributed by atoms with Crippen molar-refractivity contribution in [2.75, 3.05) is 0 Å². The Bertz CT molecular complexity index is 508. The summed E-state index contributed by atoms with van der Waals surface area (Å²) in [4.78, 5) is 0. The highest BCUT2D eigenvalue weighted by molar-refractivity contribution is 5.32. The van der Waals surface area contributed by atoms with Gasteiger partial charge in [-0.25, -0.2) is 10.1 Å². The number of hydrogen-bond donors (Lipinski definition) is 2. The van der Waals surface area contributed by atoms with E-state index in [0.717, 1.165) is 10.9 Å². The van der Waals surface area contributed by atoms with Gasteiger partial charge in [-0.15, -0.1) is 5.10 Å². The summed E-state index contributed by atoms with van der Waals surface area (Å²) in [6.45, 7) is 0. The highest BCUT2D eigenvalue weighted by Gasteiger charge is 2.42. The van der Waals surface area contributed by atoms with Crippen molar-refractivity contribution < 1.29 is 13.2 Å². The van der Waals surface area contributed by atoms with Crippen molar-refractivity contribution in [1.82, 2.24) is 20.4 Å². The van der Waals surface area contributed by atoms with Crippen LogP contribution in [0.15, 0.2) is 36.5 Å². The molecule has 96 valence electrons. The zero-order valence-electron chi connectivity index (χ0n) is 9.09. The molecule has 0 fully saturated rings. The average Bonchev–Trinajstić information content (AvgIpc) is 2.78. The number of halogens is 3. The Morgan fingerprint density at radius 3 is 2.44 bits per heavy atom. The Kier molecular flexibility index (Phi) is 3.30. The van der Waals surface area contributed by atoms with Crippen LogP contribution < -0.4 is 11.3 Å². The van der Waals surface area contributed by atoms with E-state index < -0.39 is 12.2 Å². The van der Waals surface area contributed by atoms with Gasteiger partial charge in [0.05, 0.1) is 17.6 Å². The van der Waals surface area contributed by atoms with Gasteiger partial charge in [0.2, 0.25) is 0 Å². The Hall–Kier alpha value is -1.93. The second kappa shape index (κ2) is 4.75. The number of alkyl halides is 3. The molecular formula is C10H10F3N5. The van der Waals surface area contributed by atoms with Gasteiger partial charge in [-0.1, -0.05) is 23.4 Å². The zero-order chi connectivity index (χ0) is 13.2. The van der Waals surface area contributed by atoms with E-state index in [9.17, 15) is 13.2 Å². The van der Waals surface area contributed by atoms with Gasteiger partial charge in [0.15, 0.2) is 6.04 Å². The molecule has 0 aliphatic rings. The summed E-state index contributed by atoms with van der Waals surface area (Å²) < 4.78 is 39.4. The summed E-state index contributed by atoms with van der Waals surface area (Å²) in [5, 5.41) is 7.14. The Morgan fingerprint density at radius 2 is 1.89 bits per heavy atom. The first kappa shape index (κ1) is 12.5. The minimum absolute atomic E-state index is 0.170. The Morgan fingerprint density at radius 1 is 1.22 bits per heavy atom. The fourth-order valence-corrected chi connectivity index (χ4v) is 1.56. The van der Waals surface area contributed by atoms with Crippen LogP contribution in [0.3, 0.4) is 0 Å². The topological polar surface area (TPSA) is 68.8 Å². The molecule has 1 aromatic heterocycles. The molecule has 1 heterocycles. The summed E-state index contributed by atoms with van der Waals surface area (Å²) in [5.41, 5.74) is 2.04. The molecule has 0 radical (unpaired) electrons. The third kappa shape index (κ3) is 2.34. The lowest BCUT2D eigenvalue weighted by Gasteiger charge is -2.19. The highest BCUT2D eigenvalue weighted by Crippen LogP contribution is 2.32. The zero-order valence-corrected chi connectivity index (χ0v) is 9.09. The fraction of sp³-hybridized carbons (Fsp3) is 0.200. The molecule has 0 bridgehead atoms. The molecule has 3 N–H and O–H groups in total. The SMILES string of the molecule is NNC(c1cnnn1-c1ccccc1)C(F)(F)F. The van der Waals surface area contributed by atoms with Crippen molar-refractivity contribution in [2.24, 2.45) is 5.84 Å². The number of nitrogens with zero attached hydrogens (tertiary/aromatic N) is 3. The van der Waals surface area contributed by atoms with Crippen molar-refractivity contribution in [2.45, 2.75) is 12.2 Å². The van der Waals surface area contributed by atoms with Crippen LogP contribution >= 0.6 is 0 Å². The van der Waals surface area contributed by atoms with Crippen molar-refractivity contribution in [3.05, 3.63) is 42.2 Å². The monoisotopic (exact) mass is 257 g/mol. The number of para-hydroxylation sites is 1. The summed E-state index contributed by atoms with van der Waals surface area (Å²) in [6.07, 6.45) is -3.49. The molecule has 0 aliphatic carbocycles. The maximum atomic E-state index is 12.8. The summed E-state index contributed by atoms with van der Waals surface area (Å²) in [6, 6.07) is 6.37. The first-order valence-corrected chi connectivity index (χ1v) is 5.03. The van der Waals surface area contributed by atoms with Gasteiger partial charge in [0.25, 0.3) is 0 Å². The maximum absolute atomic E-state index is 12.8. The molecule has 1 unspecified atom stereocenters. The second-order valence-corrected chi connectivity index (χ2v) is 3.55. The molecule has 0 aliphatic heterocycles. The molecule has 0 amide bonds. The van der Waals surface area contributed by atoms with Gasteiger partial charge in [-0.05, 0) is 12.1 Å². The van der Waals surface area contributed by atoms with Crippen LogP contribution in [0.2, 0.25) is 0 Å². The van der Waals surface area contributed by atoms with E-state index in [0.29, 0.717) is 5.69 Å². The lowest BCUT2D eigenvalue weighted by molar-refractivity contribution is -0.159. The normalized spacial score (nSPS) is 13.6. The molecule has 2 aromatic rings. The molecule has 0 saturated heterocycles. The largest absolute Gasteiger partial charge is 0.410 e. The molecule has 8 heteroatoms. The molecule has 1 aromatic carbocycles. The minimum Gasteiger partial charge on any atom is -0.271 e. The summed E-state index contributed by atoms with van der Waals surface area (Å²) in [5.74, 6) is 4.96. The lowest BCUT2D eigenvalue weighted by atomic mass is 10.2. The number of rotatable bonds is 3. The van der Waals surface area contributed by atoms with Gasteiger partial charge in [-0.2, -0.15) is 13.2 Å². The standard InChI is InChI=1S/C10H10F3N5/c11-10(12,13)9(16-14)8-6-15-17-18(8)7-4-2-1-3-5-7/h1-6,9,16H,14H2. The van der Waals surface area contributed by atoms with E-state index in [4.69, 9.17) is 5.84 Å². The maximum Gasteiger partial charge on any atom is 0.410 e. The number of benzene rings is 1. The molecule has 2 rings (SSSR count).